The summed E-state index contributed by atoms with van der Waals surface area (Å²) in [5.74, 6) is 1.45. The summed E-state index contributed by atoms with van der Waals surface area (Å²) < 4.78 is 11.3. The van der Waals surface area contributed by atoms with Gasteiger partial charge in [-0.05, 0) is 27.2 Å². The van der Waals surface area contributed by atoms with Crippen LogP contribution in [0.3, 0.4) is 0 Å². The zero-order chi connectivity index (χ0) is 13.1. The molecule has 5 heteroatoms. The minimum absolute atomic E-state index is 0.0736. The third-order valence-corrected chi connectivity index (χ3v) is 4.76. The molecule has 0 aromatic heterocycles. The first-order valence-corrected chi connectivity index (χ1v) is 7.75. The van der Waals surface area contributed by atoms with Crippen molar-refractivity contribution in [3.8, 4) is 0 Å². The van der Waals surface area contributed by atoms with E-state index in [2.05, 4.69) is 17.1 Å². The molecule has 0 aliphatic carbocycles. The van der Waals surface area contributed by atoms with E-state index in [9.17, 15) is 9.00 Å². The molecule has 17 heavy (non-hydrogen) atoms. The molecule has 1 saturated heterocycles. The van der Waals surface area contributed by atoms with Crippen molar-refractivity contribution in [3.05, 3.63) is 0 Å². The SMILES string of the molecule is CCC(C)(C)NC(=O)C(C)N1CCS(=O)CC1. The predicted octanol–water partition coefficient (Wildman–Crippen LogP) is 0.744. The van der Waals surface area contributed by atoms with Gasteiger partial charge in [-0.15, -0.1) is 0 Å². The maximum Gasteiger partial charge on any atom is 0.237 e. The number of hydrogen-bond acceptors (Lipinski definition) is 3. The first kappa shape index (κ1) is 14.6. The van der Waals surface area contributed by atoms with E-state index in [1.54, 1.807) is 0 Å². The van der Waals surface area contributed by atoms with Crippen molar-refractivity contribution < 1.29 is 9.00 Å². The van der Waals surface area contributed by atoms with Gasteiger partial charge in [-0.25, -0.2) is 0 Å². The molecule has 1 fully saturated rings. The smallest absolute Gasteiger partial charge is 0.237 e. The minimum atomic E-state index is -0.685. The van der Waals surface area contributed by atoms with Crippen LogP contribution in [-0.4, -0.2) is 51.2 Å². The van der Waals surface area contributed by atoms with Gasteiger partial charge in [0.05, 0.1) is 6.04 Å². The second-order valence-corrected chi connectivity index (χ2v) is 6.98. The summed E-state index contributed by atoms with van der Waals surface area (Å²) in [7, 11) is -0.685. The third-order valence-electron chi connectivity index (χ3n) is 3.48. The number of nitrogens with zero attached hydrogens (tertiary/aromatic N) is 1. The average Bonchev–Trinajstić information content (AvgIpc) is 2.28. The van der Waals surface area contributed by atoms with Gasteiger partial charge in [0.25, 0.3) is 0 Å². The van der Waals surface area contributed by atoms with Crippen molar-refractivity contribution in [1.82, 2.24) is 10.2 Å². The molecule has 1 amide bonds. The van der Waals surface area contributed by atoms with E-state index >= 15 is 0 Å². The molecule has 1 atom stereocenters. The Morgan fingerprint density at radius 1 is 1.41 bits per heavy atom. The van der Waals surface area contributed by atoms with Gasteiger partial charge in [-0.2, -0.15) is 0 Å². The van der Waals surface area contributed by atoms with Gasteiger partial charge in [-0.3, -0.25) is 13.9 Å². The summed E-state index contributed by atoms with van der Waals surface area (Å²) in [4.78, 5) is 14.2. The molecule has 1 N–H and O–H groups in total. The maximum atomic E-state index is 12.1. The molecule has 100 valence electrons. The zero-order valence-corrected chi connectivity index (χ0v) is 12.1. The van der Waals surface area contributed by atoms with Crippen molar-refractivity contribution in [2.75, 3.05) is 24.6 Å². The van der Waals surface area contributed by atoms with Crippen LogP contribution in [-0.2, 0) is 15.6 Å². The van der Waals surface area contributed by atoms with Crippen LogP contribution in [0.25, 0.3) is 0 Å². The van der Waals surface area contributed by atoms with Gasteiger partial charge in [-0.1, -0.05) is 6.92 Å². The Balaban J connectivity index is 2.49. The lowest BCUT2D eigenvalue weighted by Gasteiger charge is -2.33. The molecule has 1 rings (SSSR count). The normalized spacial score (nSPS) is 21.2. The molecule has 1 unspecified atom stereocenters. The number of amides is 1. The fourth-order valence-electron chi connectivity index (χ4n) is 1.73. The Kier molecular flexibility index (Phi) is 5.13. The standard InChI is InChI=1S/C12H24N2O2S/c1-5-12(3,4)13-11(15)10(2)14-6-8-17(16)9-7-14/h10H,5-9H2,1-4H3,(H,13,15). The molecule has 0 saturated carbocycles. The fraction of sp³-hybridized carbons (Fsp3) is 0.917. The van der Waals surface area contributed by atoms with Crippen molar-refractivity contribution in [2.24, 2.45) is 0 Å². The topological polar surface area (TPSA) is 49.4 Å². The van der Waals surface area contributed by atoms with Gasteiger partial charge in [0.2, 0.25) is 5.91 Å². The molecule has 0 bridgehead atoms. The summed E-state index contributed by atoms with van der Waals surface area (Å²) in [5, 5.41) is 3.06. The molecule has 0 radical (unpaired) electrons. The van der Waals surface area contributed by atoms with Crippen molar-refractivity contribution in [3.63, 3.8) is 0 Å². The van der Waals surface area contributed by atoms with E-state index in [1.807, 2.05) is 20.8 Å². The monoisotopic (exact) mass is 260 g/mol. The Morgan fingerprint density at radius 2 is 1.94 bits per heavy atom. The summed E-state index contributed by atoms with van der Waals surface area (Å²) in [5.41, 5.74) is -0.149. The number of nitrogens with one attached hydrogen (secondary N) is 1. The van der Waals surface area contributed by atoms with Crippen LogP contribution in [0.15, 0.2) is 0 Å². The molecular weight excluding hydrogens is 236 g/mol. The highest BCUT2D eigenvalue weighted by Crippen LogP contribution is 2.10. The van der Waals surface area contributed by atoms with Crippen LogP contribution in [0.2, 0.25) is 0 Å². The van der Waals surface area contributed by atoms with E-state index in [4.69, 9.17) is 0 Å². The summed E-state index contributed by atoms with van der Waals surface area (Å²) >= 11 is 0. The number of carbonyl (C=O) groups excluding carboxylic acids is 1. The highest BCUT2D eigenvalue weighted by molar-refractivity contribution is 7.85. The van der Waals surface area contributed by atoms with Crippen LogP contribution in [0.1, 0.15) is 34.1 Å². The lowest BCUT2D eigenvalue weighted by Crippen LogP contribution is -2.54. The second kappa shape index (κ2) is 5.96. The number of carbonyl (C=O) groups is 1. The molecular formula is C12H24N2O2S. The minimum Gasteiger partial charge on any atom is -0.350 e. The highest BCUT2D eigenvalue weighted by atomic mass is 32.2. The number of rotatable bonds is 4. The lowest BCUT2D eigenvalue weighted by molar-refractivity contribution is -0.127. The van der Waals surface area contributed by atoms with E-state index < -0.39 is 10.8 Å². The van der Waals surface area contributed by atoms with Gasteiger partial charge in [0.15, 0.2) is 0 Å². The van der Waals surface area contributed by atoms with Gasteiger partial charge >= 0.3 is 0 Å². The highest BCUT2D eigenvalue weighted by Gasteiger charge is 2.27. The maximum absolute atomic E-state index is 12.1. The Labute approximate surface area is 107 Å². The Morgan fingerprint density at radius 3 is 2.41 bits per heavy atom. The quantitative estimate of drug-likeness (QED) is 0.811. The average molecular weight is 260 g/mol. The molecule has 0 spiro atoms. The van der Waals surface area contributed by atoms with E-state index in [1.165, 1.54) is 0 Å². The van der Waals surface area contributed by atoms with Crippen molar-refractivity contribution >= 4 is 16.7 Å². The van der Waals surface area contributed by atoms with Crippen LogP contribution < -0.4 is 5.32 Å². The number of hydrogen-bond donors (Lipinski definition) is 1. The summed E-state index contributed by atoms with van der Waals surface area (Å²) in [6.07, 6.45) is 0.912. The van der Waals surface area contributed by atoms with Gasteiger partial charge in [0.1, 0.15) is 0 Å². The van der Waals surface area contributed by atoms with E-state index in [0.717, 1.165) is 19.5 Å². The predicted molar refractivity (Wildman–Crippen MR) is 71.4 cm³/mol. The summed E-state index contributed by atoms with van der Waals surface area (Å²) in [6, 6.07) is -0.127. The Hall–Kier alpha value is -0.420. The molecule has 1 aliphatic heterocycles. The van der Waals surface area contributed by atoms with Crippen LogP contribution in [0, 0.1) is 0 Å². The van der Waals surface area contributed by atoms with Crippen LogP contribution in [0.4, 0.5) is 0 Å². The zero-order valence-electron chi connectivity index (χ0n) is 11.3. The van der Waals surface area contributed by atoms with Gasteiger partial charge < -0.3 is 5.32 Å². The first-order valence-electron chi connectivity index (χ1n) is 6.27. The van der Waals surface area contributed by atoms with E-state index in [-0.39, 0.29) is 17.5 Å². The summed E-state index contributed by atoms with van der Waals surface area (Å²) in [6.45, 7) is 9.57. The molecule has 0 aromatic rings. The molecule has 0 aromatic carbocycles. The second-order valence-electron chi connectivity index (χ2n) is 5.29. The van der Waals surface area contributed by atoms with Crippen molar-refractivity contribution in [1.29, 1.82) is 0 Å². The first-order chi connectivity index (χ1) is 7.85. The van der Waals surface area contributed by atoms with Crippen LogP contribution in [0.5, 0.6) is 0 Å². The van der Waals surface area contributed by atoms with E-state index in [0.29, 0.717) is 11.5 Å². The molecule has 1 heterocycles. The Bertz CT molecular complexity index is 295. The lowest BCUT2D eigenvalue weighted by atomic mass is 10.0. The molecule has 4 nitrogen and oxygen atoms in total. The largest absolute Gasteiger partial charge is 0.350 e. The van der Waals surface area contributed by atoms with Crippen LogP contribution >= 0.6 is 0 Å². The molecule has 1 aliphatic rings. The fourth-order valence-corrected chi connectivity index (χ4v) is 2.81. The van der Waals surface area contributed by atoms with Crippen molar-refractivity contribution in [2.45, 2.75) is 45.7 Å². The van der Waals surface area contributed by atoms with Gasteiger partial charge in [0, 0.05) is 40.9 Å². The third kappa shape index (κ3) is 4.39.